The molecule has 1 aliphatic rings. The summed E-state index contributed by atoms with van der Waals surface area (Å²) in [5.41, 5.74) is 2.38. The Morgan fingerprint density at radius 2 is 1.36 bits per heavy atom. The molecule has 0 saturated carbocycles. The van der Waals surface area contributed by atoms with Crippen LogP contribution in [0.5, 0.6) is 5.75 Å². The Morgan fingerprint density at radius 1 is 0.840 bits per heavy atom. The molecule has 5 nitrogen and oxygen atoms in total. The molecule has 2 aromatic carbocycles. The number of aryl methyl sites for hydroxylation is 1. The molecule has 0 spiro atoms. The van der Waals surface area contributed by atoms with E-state index in [1.165, 1.54) is 0 Å². The van der Waals surface area contributed by atoms with Gasteiger partial charge in [-0.1, -0.05) is 23.8 Å². The van der Waals surface area contributed by atoms with Crippen LogP contribution in [-0.4, -0.2) is 54.9 Å². The van der Waals surface area contributed by atoms with Gasteiger partial charge in [-0.3, -0.25) is 9.59 Å². The summed E-state index contributed by atoms with van der Waals surface area (Å²) >= 11 is 0. The zero-order valence-electron chi connectivity index (χ0n) is 14.6. The van der Waals surface area contributed by atoms with E-state index in [1.54, 1.807) is 24.1 Å². The van der Waals surface area contributed by atoms with E-state index in [9.17, 15) is 9.59 Å². The van der Waals surface area contributed by atoms with E-state index in [-0.39, 0.29) is 11.8 Å². The lowest BCUT2D eigenvalue weighted by Crippen LogP contribution is -2.50. The van der Waals surface area contributed by atoms with Gasteiger partial charge in [-0.05, 0) is 37.3 Å². The van der Waals surface area contributed by atoms with Gasteiger partial charge in [0.1, 0.15) is 5.75 Å². The summed E-state index contributed by atoms with van der Waals surface area (Å²) in [6.07, 6.45) is 0. The quantitative estimate of drug-likeness (QED) is 0.864. The SMILES string of the molecule is COc1cccc(C(=O)N2CCN(C(=O)c3cccc(C)c3)CC2)c1. The largest absolute Gasteiger partial charge is 0.497 e. The minimum absolute atomic E-state index is 0.0252. The summed E-state index contributed by atoms with van der Waals surface area (Å²) in [6, 6.07) is 14.8. The second kappa shape index (κ2) is 7.38. The Kier molecular flexibility index (Phi) is 5.03. The van der Waals surface area contributed by atoms with Crippen LogP contribution in [0.4, 0.5) is 0 Å². The number of hydrogen-bond acceptors (Lipinski definition) is 3. The van der Waals surface area contributed by atoms with Gasteiger partial charge in [0.25, 0.3) is 11.8 Å². The summed E-state index contributed by atoms with van der Waals surface area (Å²) in [6.45, 7) is 4.13. The van der Waals surface area contributed by atoms with Gasteiger partial charge in [0.05, 0.1) is 7.11 Å². The molecular weight excluding hydrogens is 316 g/mol. The summed E-state index contributed by atoms with van der Waals surface area (Å²) in [7, 11) is 1.58. The van der Waals surface area contributed by atoms with Gasteiger partial charge >= 0.3 is 0 Å². The molecule has 3 rings (SSSR count). The second-order valence-electron chi connectivity index (χ2n) is 6.19. The van der Waals surface area contributed by atoms with Gasteiger partial charge in [-0.15, -0.1) is 0 Å². The van der Waals surface area contributed by atoms with E-state index in [0.29, 0.717) is 43.1 Å². The molecule has 0 unspecified atom stereocenters. The number of carbonyl (C=O) groups excluding carboxylic acids is 2. The number of carbonyl (C=O) groups is 2. The zero-order chi connectivity index (χ0) is 17.8. The molecule has 1 saturated heterocycles. The first kappa shape index (κ1) is 17.0. The average molecular weight is 338 g/mol. The molecule has 0 N–H and O–H groups in total. The number of methoxy groups -OCH3 is 1. The van der Waals surface area contributed by atoms with Crippen LogP contribution < -0.4 is 4.74 Å². The molecular formula is C20H22N2O3. The number of hydrogen-bond donors (Lipinski definition) is 0. The van der Waals surface area contributed by atoms with Crippen molar-refractivity contribution in [3.63, 3.8) is 0 Å². The van der Waals surface area contributed by atoms with E-state index in [2.05, 4.69) is 0 Å². The van der Waals surface area contributed by atoms with Crippen LogP contribution in [-0.2, 0) is 0 Å². The fourth-order valence-corrected chi connectivity index (χ4v) is 3.01. The molecule has 130 valence electrons. The van der Waals surface area contributed by atoms with Crippen LogP contribution in [0.15, 0.2) is 48.5 Å². The highest BCUT2D eigenvalue weighted by Crippen LogP contribution is 2.16. The molecule has 25 heavy (non-hydrogen) atoms. The lowest BCUT2D eigenvalue weighted by atomic mass is 10.1. The first-order valence-corrected chi connectivity index (χ1v) is 8.38. The van der Waals surface area contributed by atoms with Crippen molar-refractivity contribution in [2.75, 3.05) is 33.3 Å². The summed E-state index contributed by atoms with van der Waals surface area (Å²) in [4.78, 5) is 28.8. The molecule has 0 aromatic heterocycles. The average Bonchev–Trinajstić information content (AvgIpc) is 2.67. The number of rotatable bonds is 3. The topological polar surface area (TPSA) is 49.9 Å². The maximum atomic E-state index is 12.6. The number of benzene rings is 2. The first-order chi connectivity index (χ1) is 12.1. The van der Waals surface area contributed by atoms with E-state index >= 15 is 0 Å². The van der Waals surface area contributed by atoms with Crippen molar-refractivity contribution in [1.29, 1.82) is 0 Å². The number of nitrogens with zero attached hydrogens (tertiary/aromatic N) is 2. The molecule has 2 amide bonds. The second-order valence-corrected chi connectivity index (χ2v) is 6.19. The summed E-state index contributed by atoms with van der Waals surface area (Å²) < 4.78 is 5.18. The molecule has 0 atom stereocenters. The van der Waals surface area contributed by atoms with Crippen LogP contribution >= 0.6 is 0 Å². The lowest BCUT2D eigenvalue weighted by Gasteiger charge is -2.35. The van der Waals surface area contributed by atoms with Gasteiger partial charge < -0.3 is 14.5 Å². The molecule has 2 aromatic rings. The van der Waals surface area contributed by atoms with Gasteiger partial charge in [0.2, 0.25) is 0 Å². The van der Waals surface area contributed by atoms with E-state index < -0.39 is 0 Å². The van der Waals surface area contributed by atoms with Crippen LogP contribution in [0.25, 0.3) is 0 Å². The predicted octanol–water partition coefficient (Wildman–Crippen LogP) is 2.60. The molecule has 0 aliphatic carbocycles. The maximum Gasteiger partial charge on any atom is 0.254 e. The number of ether oxygens (including phenoxy) is 1. The van der Waals surface area contributed by atoms with E-state index in [4.69, 9.17) is 4.74 Å². The van der Waals surface area contributed by atoms with Crippen molar-refractivity contribution in [3.8, 4) is 5.75 Å². The molecule has 1 fully saturated rings. The van der Waals surface area contributed by atoms with Gasteiger partial charge in [0, 0.05) is 37.3 Å². The third-order valence-corrected chi connectivity index (χ3v) is 4.44. The van der Waals surface area contributed by atoms with Crippen LogP contribution in [0, 0.1) is 6.92 Å². The summed E-state index contributed by atoms with van der Waals surface area (Å²) in [5, 5.41) is 0. The normalized spacial score (nSPS) is 14.3. The van der Waals surface area contributed by atoms with Crippen LogP contribution in [0.1, 0.15) is 26.3 Å². The lowest BCUT2D eigenvalue weighted by molar-refractivity contribution is 0.0535. The Labute approximate surface area is 147 Å². The summed E-state index contributed by atoms with van der Waals surface area (Å²) in [5.74, 6) is 0.665. The van der Waals surface area contributed by atoms with Crippen LogP contribution in [0.3, 0.4) is 0 Å². The molecule has 0 radical (unpaired) electrons. The number of piperazine rings is 1. The van der Waals surface area contributed by atoms with E-state index in [1.807, 2.05) is 48.2 Å². The molecule has 0 bridgehead atoms. The van der Waals surface area contributed by atoms with E-state index in [0.717, 1.165) is 5.56 Å². The van der Waals surface area contributed by atoms with Crippen molar-refractivity contribution in [2.24, 2.45) is 0 Å². The van der Waals surface area contributed by atoms with Crippen molar-refractivity contribution in [3.05, 3.63) is 65.2 Å². The molecule has 5 heteroatoms. The monoisotopic (exact) mass is 338 g/mol. The van der Waals surface area contributed by atoms with Crippen LogP contribution in [0.2, 0.25) is 0 Å². The minimum atomic E-state index is -0.0263. The highest BCUT2D eigenvalue weighted by atomic mass is 16.5. The van der Waals surface area contributed by atoms with Gasteiger partial charge in [-0.2, -0.15) is 0 Å². The number of amides is 2. The minimum Gasteiger partial charge on any atom is -0.497 e. The smallest absolute Gasteiger partial charge is 0.254 e. The third-order valence-electron chi connectivity index (χ3n) is 4.44. The van der Waals surface area contributed by atoms with Crippen molar-refractivity contribution >= 4 is 11.8 Å². The highest BCUT2D eigenvalue weighted by Gasteiger charge is 2.25. The van der Waals surface area contributed by atoms with Gasteiger partial charge in [0.15, 0.2) is 0 Å². The Hall–Kier alpha value is -2.82. The van der Waals surface area contributed by atoms with Gasteiger partial charge in [-0.25, -0.2) is 0 Å². The molecule has 1 aliphatic heterocycles. The Bertz CT molecular complexity index is 780. The zero-order valence-corrected chi connectivity index (χ0v) is 14.6. The standard InChI is InChI=1S/C20H22N2O3/c1-15-5-3-6-16(13-15)19(23)21-9-11-22(12-10-21)20(24)17-7-4-8-18(14-17)25-2/h3-8,13-14H,9-12H2,1-2H3. The molecule has 1 heterocycles. The fraction of sp³-hybridized carbons (Fsp3) is 0.300. The van der Waals surface area contributed by atoms with Crippen molar-refractivity contribution < 1.29 is 14.3 Å². The van der Waals surface area contributed by atoms with Crippen molar-refractivity contribution in [2.45, 2.75) is 6.92 Å². The predicted molar refractivity (Wildman–Crippen MR) is 96.0 cm³/mol. The first-order valence-electron chi connectivity index (χ1n) is 8.38. The highest BCUT2D eigenvalue weighted by molar-refractivity contribution is 5.96. The Balaban J connectivity index is 1.63. The third kappa shape index (κ3) is 3.82. The maximum absolute atomic E-state index is 12.6. The van der Waals surface area contributed by atoms with Crippen molar-refractivity contribution in [1.82, 2.24) is 9.80 Å². The fourth-order valence-electron chi connectivity index (χ4n) is 3.01. The Morgan fingerprint density at radius 3 is 1.88 bits per heavy atom.